The van der Waals surface area contributed by atoms with E-state index in [1.807, 2.05) is 20.8 Å². The number of nitrogens with zero attached hydrogens (tertiary/aromatic N) is 1. The smallest absolute Gasteiger partial charge is 0.410 e. The van der Waals surface area contributed by atoms with Gasteiger partial charge in [0, 0.05) is 32.8 Å². The van der Waals surface area contributed by atoms with E-state index in [4.69, 9.17) is 14.2 Å². The van der Waals surface area contributed by atoms with E-state index in [0.717, 1.165) is 19.4 Å². The summed E-state index contributed by atoms with van der Waals surface area (Å²) in [5, 5.41) is 3.34. The maximum Gasteiger partial charge on any atom is 0.410 e. The van der Waals surface area contributed by atoms with Crippen LogP contribution in [0.2, 0.25) is 0 Å². The lowest BCUT2D eigenvalue weighted by Crippen LogP contribution is -2.44. The normalized spacial score (nSPS) is 18.3. The van der Waals surface area contributed by atoms with Crippen molar-refractivity contribution >= 4 is 6.09 Å². The molecule has 0 aromatic carbocycles. The maximum atomic E-state index is 12.0. The number of methoxy groups -OCH3 is 1. The molecule has 0 spiro atoms. The Morgan fingerprint density at radius 2 is 1.95 bits per heavy atom. The Hall–Kier alpha value is -0.850. The Balaban J connectivity index is 2.14. The number of likely N-dealkylation sites (tertiary alicyclic amines) is 1. The van der Waals surface area contributed by atoms with Gasteiger partial charge in [-0.3, -0.25) is 0 Å². The molecule has 22 heavy (non-hydrogen) atoms. The molecule has 130 valence electrons. The van der Waals surface area contributed by atoms with Crippen LogP contribution in [0.3, 0.4) is 0 Å². The van der Waals surface area contributed by atoms with Crippen molar-refractivity contribution in [3.8, 4) is 0 Å². The maximum absolute atomic E-state index is 12.0. The van der Waals surface area contributed by atoms with Gasteiger partial charge in [-0.05, 0) is 40.5 Å². The summed E-state index contributed by atoms with van der Waals surface area (Å²) in [6.07, 6.45) is 1.75. The number of rotatable bonds is 7. The number of carbonyl (C=O) groups is 1. The first kappa shape index (κ1) is 19.2. The van der Waals surface area contributed by atoms with Crippen molar-refractivity contribution in [1.29, 1.82) is 0 Å². The van der Waals surface area contributed by atoms with E-state index in [1.54, 1.807) is 12.0 Å². The van der Waals surface area contributed by atoms with Gasteiger partial charge in [-0.1, -0.05) is 0 Å². The van der Waals surface area contributed by atoms with Crippen LogP contribution in [-0.4, -0.2) is 68.7 Å². The van der Waals surface area contributed by atoms with E-state index in [9.17, 15) is 4.79 Å². The second-order valence-electron chi connectivity index (χ2n) is 6.85. The van der Waals surface area contributed by atoms with Gasteiger partial charge >= 0.3 is 6.09 Å². The number of hydrogen-bond donors (Lipinski definition) is 1. The van der Waals surface area contributed by atoms with Crippen LogP contribution < -0.4 is 5.32 Å². The third-order valence-electron chi connectivity index (χ3n) is 3.46. The third kappa shape index (κ3) is 7.96. The molecule has 1 atom stereocenters. The van der Waals surface area contributed by atoms with Gasteiger partial charge in [0.2, 0.25) is 0 Å². The Bertz CT molecular complexity index is 323. The van der Waals surface area contributed by atoms with Crippen molar-refractivity contribution in [3.63, 3.8) is 0 Å². The fourth-order valence-corrected chi connectivity index (χ4v) is 2.37. The molecule has 1 rings (SSSR count). The van der Waals surface area contributed by atoms with Crippen molar-refractivity contribution < 1.29 is 19.0 Å². The topological polar surface area (TPSA) is 60.0 Å². The Labute approximate surface area is 134 Å². The summed E-state index contributed by atoms with van der Waals surface area (Å²) in [6, 6.07) is 0.336. The number of piperidine rings is 1. The summed E-state index contributed by atoms with van der Waals surface area (Å²) < 4.78 is 16.3. The van der Waals surface area contributed by atoms with E-state index >= 15 is 0 Å². The number of amides is 1. The van der Waals surface area contributed by atoms with Crippen LogP contribution in [0.5, 0.6) is 0 Å². The van der Waals surface area contributed by atoms with E-state index in [1.165, 1.54) is 0 Å². The van der Waals surface area contributed by atoms with Crippen molar-refractivity contribution in [1.82, 2.24) is 10.2 Å². The predicted octanol–water partition coefficient (Wildman–Crippen LogP) is 2.03. The second-order valence-corrected chi connectivity index (χ2v) is 6.85. The summed E-state index contributed by atoms with van der Waals surface area (Å²) in [5.41, 5.74) is -0.436. The molecular weight excluding hydrogens is 284 g/mol. The van der Waals surface area contributed by atoms with Crippen molar-refractivity contribution in [2.24, 2.45) is 0 Å². The predicted molar refractivity (Wildman–Crippen MR) is 86.1 cm³/mol. The molecule has 1 N–H and O–H groups in total. The van der Waals surface area contributed by atoms with E-state index in [-0.39, 0.29) is 12.2 Å². The van der Waals surface area contributed by atoms with Gasteiger partial charge < -0.3 is 24.4 Å². The van der Waals surface area contributed by atoms with Gasteiger partial charge in [-0.15, -0.1) is 0 Å². The molecule has 0 saturated carbocycles. The zero-order valence-corrected chi connectivity index (χ0v) is 14.7. The Morgan fingerprint density at radius 3 is 2.50 bits per heavy atom. The molecule has 0 aromatic heterocycles. The average molecular weight is 316 g/mol. The Kier molecular flexibility index (Phi) is 8.14. The molecule has 1 amide bonds. The van der Waals surface area contributed by atoms with Gasteiger partial charge in [0.1, 0.15) is 5.60 Å². The standard InChI is InChI=1S/C16H32N2O4/c1-13(12-20-5)17-8-11-21-14-6-9-18(10-7-14)15(19)22-16(2,3)4/h13-14,17H,6-12H2,1-5H3. The molecule has 1 fully saturated rings. The second kappa shape index (κ2) is 9.33. The highest BCUT2D eigenvalue weighted by molar-refractivity contribution is 5.68. The minimum atomic E-state index is -0.436. The molecular formula is C16H32N2O4. The zero-order valence-electron chi connectivity index (χ0n) is 14.7. The van der Waals surface area contributed by atoms with Gasteiger partial charge in [0.25, 0.3) is 0 Å². The monoisotopic (exact) mass is 316 g/mol. The number of ether oxygens (including phenoxy) is 3. The highest BCUT2D eigenvalue weighted by atomic mass is 16.6. The quantitative estimate of drug-likeness (QED) is 0.728. The van der Waals surface area contributed by atoms with Crippen LogP contribution in [0.15, 0.2) is 0 Å². The molecule has 0 aliphatic carbocycles. The van der Waals surface area contributed by atoms with Crippen LogP contribution in [0.25, 0.3) is 0 Å². The van der Waals surface area contributed by atoms with Gasteiger partial charge in [-0.25, -0.2) is 4.79 Å². The molecule has 0 aromatic rings. The molecule has 1 aliphatic heterocycles. The lowest BCUT2D eigenvalue weighted by Gasteiger charge is -2.33. The summed E-state index contributed by atoms with van der Waals surface area (Å²) in [6.45, 7) is 11.4. The fourth-order valence-electron chi connectivity index (χ4n) is 2.37. The van der Waals surface area contributed by atoms with Gasteiger partial charge in [0.05, 0.1) is 19.3 Å². The van der Waals surface area contributed by atoms with Gasteiger partial charge in [-0.2, -0.15) is 0 Å². The van der Waals surface area contributed by atoms with Crippen LogP contribution >= 0.6 is 0 Å². The van der Waals surface area contributed by atoms with Crippen LogP contribution in [0.4, 0.5) is 4.79 Å². The van der Waals surface area contributed by atoms with Crippen molar-refractivity contribution in [2.45, 2.75) is 58.3 Å². The van der Waals surface area contributed by atoms with E-state index < -0.39 is 5.60 Å². The average Bonchev–Trinajstić information content (AvgIpc) is 2.43. The highest BCUT2D eigenvalue weighted by Gasteiger charge is 2.26. The molecule has 0 bridgehead atoms. The molecule has 6 heteroatoms. The van der Waals surface area contributed by atoms with Crippen LogP contribution in [0.1, 0.15) is 40.5 Å². The zero-order chi connectivity index (χ0) is 16.6. The number of carbonyl (C=O) groups excluding carboxylic acids is 1. The van der Waals surface area contributed by atoms with Crippen LogP contribution in [0, 0.1) is 0 Å². The first-order valence-corrected chi connectivity index (χ1v) is 8.13. The van der Waals surface area contributed by atoms with Crippen molar-refractivity contribution in [2.75, 3.05) is 40.0 Å². The molecule has 6 nitrogen and oxygen atoms in total. The van der Waals surface area contributed by atoms with E-state index in [0.29, 0.717) is 32.3 Å². The van der Waals surface area contributed by atoms with Gasteiger partial charge in [0.15, 0.2) is 0 Å². The summed E-state index contributed by atoms with van der Waals surface area (Å²) in [5.74, 6) is 0. The number of nitrogens with one attached hydrogen (secondary N) is 1. The fraction of sp³-hybridized carbons (Fsp3) is 0.938. The van der Waals surface area contributed by atoms with Crippen molar-refractivity contribution in [3.05, 3.63) is 0 Å². The Morgan fingerprint density at radius 1 is 1.32 bits per heavy atom. The summed E-state index contributed by atoms with van der Waals surface area (Å²) >= 11 is 0. The first-order chi connectivity index (χ1) is 10.3. The lowest BCUT2D eigenvalue weighted by molar-refractivity contribution is -0.0110. The minimum Gasteiger partial charge on any atom is -0.444 e. The summed E-state index contributed by atoms with van der Waals surface area (Å²) in [7, 11) is 1.70. The van der Waals surface area contributed by atoms with E-state index in [2.05, 4.69) is 12.2 Å². The summed E-state index contributed by atoms with van der Waals surface area (Å²) in [4.78, 5) is 13.7. The number of hydrogen-bond acceptors (Lipinski definition) is 5. The highest BCUT2D eigenvalue weighted by Crippen LogP contribution is 2.17. The molecule has 1 aliphatic rings. The molecule has 1 heterocycles. The SMILES string of the molecule is COCC(C)NCCOC1CCN(C(=O)OC(C)(C)C)CC1. The minimum absolute atomic E-state index is 0.221. The molecule has 1 saturated heterocycles. The van der Waals surface area contributed by atoms with Crippen LogP contribution in [-0.2, 0) is 14.2 Å². The lowest BCUT2D eigenvalue weighted by atomic mass is 10.1. The largest absolute Gasteiger partial charge is 0.444 e. The first-order valence-electron chi connectivity index (χ1n) is 8.13. The molecule has 0 radical (unpaired) electrons. The molecule has 1 unspecified atom stereocenters. The third-order valence-corrected chi connectivity index (χ3v) is 3.46.